The fourth-order valence-corrected chi connectivity index (χ4v) is 6.46. The lowest BCUT2D eigenvalue weighted by Crippen LogP contribution is -2.70. The molecule has 33 heavy (non-hydrogen) atoms. The number of alkyl carbamates (subject to hydrolysis) is 1. The van der Waals surface area contributed by atoms with Gasteiger partial charge < -0.3 is 20.5 Å². The predicted octanol–water partition coefficient (Wildman–Crippen LogP) is 2.42. The average molecular weight is 514 g/mol. The highest BCUT2D eigenvalue weighted by Crippen LogP contribution is 2.41. The number of rotatable bonds is 8. The number of thioether (sulfide) groups is 2. The summed E-state index contributed by atoms with van der Waals surface area (Å²) in [7, 11) is 0. The van der Waals surface area contributed by atoms with Crippen LogP contribution in [0.25, 0.3) is 0 Å². The van der Waals surface area contributed by atoms with Gasteiger partial charge in [-0.15, -0.1) is 23.1 Å². The predicted molar refractivity (Wildman–Crippen MR) is 129 cm³/mol. The number of hydrogen-bond acceptors (Lipinski definition) is 8. The van der Waals surface area contributed by atoms with Crippen molar-refractivity contribution in [3.8, 4) is 0 Å². The number of carboxylic acid groups (broad SMARTS) is 1. The highest BCUT2D eigenvalue weighted by molar-refractivity contribution is 8.00. The molecule has 1 saturated heterocycles. The maximum Gasteiger partial charge on any atom is 0.407 e. The summed E-state index contributed by atoms with van der Waals surface area (Å²) in [6, 6.07) is 2.90. The Labute approximate surface area is 204 Å². The lowest BCUT2D eigenvalue weighted by Gasteiger charge is -2.49. The molecule has 3 rings (SSSR count). The normalized spacial score (nSPS) is 20.1. The fourth-order valence-electron chi connectivity index (χ4n) is 3.44. The van der Waals surface area contributed by atoms with Crippen molar-refractivity contribution in [1.29, 1.82) is 0 Å². The van der Waals surface area contributed by atoms with E-state index in [-0.39, 0.29) is 18.0 Å². The Hall–Kier alpha value is -2.18. The molecule has 1 fully saturated rings. The van der Waals surface area contributed by atoms with E-state index in [0.717, 1.165) is 15.3 Å². The van der Waals surface area contributed by atoms with Gasteiger partial charge in [0.15, 0.2) is 0 Å². The van der Waals surface area contributed by atoms with Crippen LogP contribution in [0.4, 0.5) is 4.79 Å². The molecule has 12 heteroatoms. The van der Waals surface area contributed by atoms with E-state index in [1.165, 1.54) is 39.8 Å². The van der Waals surface area contributed by atoms with Crippen LogP contribution in [0, 0.1) is 0 Å². The summed E-state index contributed by atoms with van der Waals surface area (Å²) in [5.74, 6) is -0.759. The molecular formula is C21H27N3O6S3. The van der Waals surface area contributed by atoms with E-state index in [4.69, 9.17) is 4.74 Å². The lowest BCUT2D eigenvalue weighted by atomic mass is 10.0. The SMILES string of the molecule is CSCC1=C(C(=O)O)N2C(=O)[C@@H](NC(=O)Cc3ccc(CNC(=O)OC(C)(C)C)s3)[C@@H]2SC1. The molecule has 3 heterocycles. The van der Waals surface area contributed by atoms with E-state index in [1.807, 2.05) is 12.3 Å². The summed E-state index contributed by atoms with van der Waals surface area (Å²) in [5.41, 5.74) is 0.190. The van der Waals surface area contributed by atoms with E-state index in [9.17, 15) is 24.3 Å². The standard InChI is InChI=1S/C21H27N3O6S3/c1-21(2,3)30-20(29)22-8-13-6-5-12(33-13)7-14(25)23-15-17(26)24-16(19(27)28)11(9-31-4)10-32-18(15)24/h5-6,15,18H,7-10H2,1-4H3,(H,22,29)(H,23,25)(H,27,28)/t15-,18+/m1/s1. The van der Waals surface area contributed by atoms with Crippen molar-refractivity contribution < 1.29 is 29.0 Å². The van der Waals surface area contributed by atoms with E-state index < -0.39 is 35.0 Å². The Bertz CT molecular complexity index is 984. The Morgan fingerprint density at radius 2 is 1.97 bits per heavy atom. The number of hydrogen-bond donors (Lipinski definition) is 3. The lowest BCUT2D eigenvalue weighted by molar-refractivity contribution is -0.150. The first-order valence-electron chi connectivity index (χ1n) is 10.2. The van der Waals surface area contributed by atoms with Crippen molar-refractivity contribution in [2.45, 2.75) is 50.8 Å². The first kappa shape index (κ1) is 25.4. The number of β-lactam (4-membered cyclic amide) rings is 1. The number of amides is 3. The van der Waals surface area contributed by atoms with Gasteiger partial charge in [-0.25, -0.2) is 9.59 Å². The maximum atomic E-state index is 12.6. The number of thiophene rings is 1. The van der Waals surface area contributed by atoms with Crippen LogP contribution in [0.2, 0.25) is 0 Å². The van der Waals surface area contributed by atoms with Crippen molar-refractivity contribution in [3.05, 3.63) is 33.2 Å². The van der Waals surface area contributed by atoms with Gasteiger partial charge in [0, 0.05) is 21.3 Å². The topological polar surface area (TPSA) is 125 Å². The molecule has 3 N–H and O–H groups in total. The molecule has 0 saturated carbocycles. The van der Waals surface area contributed by atoms with Crippen LogP contribution in [-0.2, 0) is 32.1 Å². The van der Waals surface area contributed by atoms with Gasteiger partial charge in [-0.05, 0) is 44.7 Å². The van der Waals surface area contributed by atoms with Crippen molar-refractivity contribution in [2.24, 2.45) is 0 Å². The zero-order valence-electron chi connectivity index (χ0n) is 18.8. The first-order chi connectivity index (χ1) is 15.5. The van der Waals surface area contributed by atoms with Crippen LogP contribution in [0.15, 0.2) is 23.4 Å². The van der Waals surface area contributed by atoms with E-state index in [2.05, 4.69) is 10.6 Å². The van der Waals surface area contributed by atoms with Crippen LogP contribution < -0.4 is 10.6 Å². The van der Waals surface area contributed by atoms with Crippen molar-refractivity contribution in [3.63, 3.8) is 0 Å². The highest BCUT2D eigenvalue weighted by Gasteiger charge is 2.54. The van der Waals surface area contributed by atoms with E-state index >= 15 is 0 Å². The van der Waals surface area contributed by atoms with Crippen LogP contribution in [-0.4, -0.2) is 68.7 Å². The minimum absolute atomic E-state index is 0.0454. The first-order valence-corrected chi connectivity index (χ1v) is 13.5. The number of ether oxygens (including phenoxy) is 1. The van der Waals surface area contributed by atoms with E-state index in [1.54, 1.807) is 26.8 Å². The number of carbonyl (C=O) groups is 4. The highest BCUT2D eigenvalue weighted by atomic mass is 32.2. The summed E-state index contributed by atoms with van der Waals surface area (Å²) in [4.78, 5) is 51.6. The largest absolute Gasteiger partial charge is 0.477 e. The minimum atomic E-state index is -1.12. The molecule has 0 aliphatic carbocycles. The average Bonchev–Trinajstić information content (AvgIpc) is 3.16. The third-order valence-corrected chi connectivity index (χ3v) is 7.80. The molecule has 2 atom stereocenters. The molecule has 0 spiro atoms. The molecule has 0 bridgehead atoms. The fraction of sp³-hybridized carbons (Fsp3) is 0.524. The summed E-state index contributed by atoms with van der Waals surface area (Å²) >= 11 is 4.36. The molecular weight excluding hydrogens is 486 g/mol. The minimum Gasteiger partial charge on any atom is -0.477 e. The molecule has 2 aliphatic rings. The smallest absolute Gasteiger partial charge is 0.407 e. The molecule has 0 aromatic carbocycles. The second-order valence-electron chi connectivity index (χ2n) is 8.55. The second-order valence-corrected chi connectivity index (χ2v) is 11.8. The third-order valence-electron chi connectivity index (χ3n) is 4.74. The van der Waals surface area contributed by atoms with Gasteiger partial charge in [-0.3, -0.25) is 14.5 Å². The van der Waals surface area contributed by atoms with Gasteiger partial charge in [-0.2, -0.15) is 11.8 Å². The number of carboxylic acids is 1. The number of fused-ring (bicyclic) bond motifs is 1. The van der Waals surface area contributed by atoms with Gasteiger partial charge in [-0.1, -0.05) is 0 Å². The molecule has 0 unspecified atom stereocenters. The monoisotopic (exact) mass is 513 g/mol. The Balaban J connectivity index is 1.53. The van der Waals surface area contributed by atoms with E-state index in [0.29, 0.717) is 18.1 Å². The van der Waals surface area contributed by atoms with Gasteiger partial charge in [0.25, 0.3) is 5.91 Å². The summed E-state index contributed by atoms with van der Waals surface area (Å²) < 4.78 is 5.20. The molecule has 9 nitrogen and oxygen atoms in total. The number of nitrogens with one attached hydrogen (secondary N) is 2. The van der Waals surface area contributed by atoms with Crippen molar-refractivity contribution in [1.82, 2.24) is 15.5 Å². The molecule has 180 valence electrons. The summed E-state index contributed by atoms with van der Waals surface area (Å²) in [6.07, 6.45) is 1.47. The number of nitrogens with zero attached hydrogens (tertiary/aromatic N) is 1. The molecule has 1 aromatic rings. The Kier molecular flexibility index (Phi) is 8.01. The number of aliphatic carboxylic acids is 1. The van der Waals surface area contributed by atoms with Crippen LogP contribution in [0.1, 0.15) is 30.5 Å². The molecule has 3 amide bonds. The third kappa shape index (κ3) is 6.24. The Morgan fingerprint density at radius 1 is 1.27 bits per heavy atom. The van der Waals surface area contributed by atoms with Crippen LogP contribution in [0.3, 0.4) is 0 Å². The van der Waals surface area contributed by atoms with Gasteiger partial charge >= 0.3 is 12.1 Å². The number of carbonyl (C=O) groups excluding carboxylic acids is 3. The van der Waals surface area contributed by atoms with Gasteiger partial charge in [0.2, 0.25) is 5.91 Å². The summed E-state index contributed by atoms with van der Waals surface area (Å²) in [6.45, 7) is 5.65. The van der Waals surface area contributed by atoms with Crippen LogP contribution >= 0.6 is 34.9 Å². The van der Waals surface area contributed by atoms with Crippen molar-refractivity contribution >= 4 is 58.7 Å². The zero-order chi connectivity index (χ0) is 24.3. The van der Waals surface area contributed by atoms with Gasteiger partial charge in [0.05, 0.1) is 13.0 Å². The Morgan fingerprint density at radius 3 is 2.61 bits per heavy atom. The summed E-state index contributed by atoms with van der Waals surface area (Å²) in [5, 5.41) is 14.6. The van der Waals surface area contributed by atoms with Gasteiger partial charge in [0.1, 0.15) is 22.7 Å². The quantitative estimate of drug-likeness (QED) is 0.453. The molecule has 2 aliphatic heterocycles. The molecule has 1 aromatic heterocycles. The van der Waals surface area contributed by atoms with Crippen LogP contribution in [0.5, 0.6) is 0 Å². The zero-order valence-corrected chi connectivity index (χ0v) is 21.2. The van der Waals surface area contributed by atoms with Crippen molar-refractivity contribution in [2.75, 3.05) is 17.8 Å². The second kappa shape index (κ2) is 10.4. The molecule has 0 radical (unpaired) electrons. The maximum absolute atomic E-state index is 12.6.